The van der Waals surface area contributed by atoms with Gasteiger partial charge in [-0.25, -0.2) is 0 Å². The number of aryl methyl sites for hydroxylation is 1. The van der Waals surface area contributed by atoms with Crippen LogP contribution in [0.5, 0.6) is 0 Å². The molecule has 3 rings (SSSR count). The Labute approximate surface area is 119 Å². The maximum absolute atomic E-state index is 12.8. The smallest absolute Gasteiger partial charge is 0.286 e. The largest absolute Gasteiger partial charge is 0.416 e. The minimum atomic E-state index is -4.34. The van der Waals surface area contributed by atoms with Crippen LogP contribution in [-0.4, -0.2) is 14.6 Å². The van der Waals surface area contributed by atoms with E-state index in [0.717, 1.165) is 18.0 Å². The summed E-state index contributed by atoms with van der Waals surface area (Å²) in [6.07, 6.45) is -1.87. The lowest BCUT2D eigenvalue weighted by Crippen LogP contribution is -2.04. The fourth-order valence-corrected chi connectivity index (χ4v) is 2.23. The first-order valence-corrected chi connectivity index (χ1v) is 6.50. The molecule has 21 heavy (non-hydrogen) atoms. The molecule has 0 fully saturated rings. The summed E-state index contributed by atoms with van der Waals surface area (Å²) in [6.45, 7) is 1.95. The number of pyridine rings is 1. The highest BCUT2D eigenvalue weighted by Crippen LogP contribution is 2.32. The summed E-state index contributed by atoms with van der Waals surface area (Å²) in [5.41, 5.74) is 1.24. The van der Waals surface area contributed by atoms with Gasteiger partial charge in [-0.2, -0.15) is 13.2 Å². The molecule has 3 nitrogen and oxygen atoms in total. The van der Waals surface area contributed by atoms with Gasteiger partial charge >= 0.3 is 6.18 Å². The highest BCUT2D eigenvalue weighted by atomic mass is 19.4. The second-order valence-corrected chi connectivity index (χ2v) is 4.69. The van der Waals surface area contributed by atoms with Gasteiger partial charge in [-0.1, -0.05) is 19.1 Å². The first-order chi connectivity index (χ1) is 9.99. The molecule has 1 aromatic carbocycles. The molecule has 0 aliphatic heterocycles. The van der Waals surface area contributed by atoms with Crippen LogP contribution >= 0.6 is 0 Å². The molecule has 3 aromatic rings. The average molecular weight is 291 g/mol. The Hall–Kier alpha value is -2.37. The van der Waals surface area contributed by atoms with E-state index in [4.69, 9.17) is 0 Å². The van der Waals surface area contributed by atoms with Crippen molar-refractivity contribution in [2.24, 2.45) is 0 Å². The highest BCUT2D eigenvalue weighted by Gasteiger charge is 2.30. The van der Waals surface area contributed by atoms with Crippen LogP contribution in [0.3, 0.4) is 0 Å². The Morgan fingerprint density at radius 1 is 1.05 bits per heavy atom. The van der Waals surface area contributed by atoms with Crippen LogP contribution in [-0.2, 0) is 12.6 Å². The molecule has 0 unspecified atom stereocenters. The van der Waals surface area contributed by atoms with Crippen LogP contribution < -0.4 is 0 Å². The van der Waals surface area contributed by atoms with Gasteiger partial charge in [0, 0.05) is 12.6 Å². The average Bonchev–Trinajstić information content (AvgIpc) is 2.88. The Balaban J connectivity index is 2.12. The molecule has 0 amide bonds. The van der Waals surface area contributed by atoms with Crippen molar-refractivity contribution >= 4 is 5.65 Å². The van der Waals surface area contributed by atoms with Crippen molar-refractivity contribution in [1.82, 2.24) is 14.6 Å². The minimum Gasteiger partial charge on any atom is -0.286 e. The lowest BCUT2D eigenvalue weighted by molar-refractivity contribution is -0.137. The third-order valence-corrected chi connectivity index (χ3v) is 3.31. The lowest BCUT2D eigenvalue weighted by Gasteiger charge is -2.09. The zero-order valence-electron chi connectivity index (χ0n) is 11.2. The molecule has 2 aromatic heterocycles. The number of rotatable bonds is 2. The Morgan fingerprint density at radius 3 is 2.57 bits per heavy atom. The van der Waals surface area contributed by atoms with E-state index >= 15 is 0 Å². The van der Waals surface area contributed by atoms with E-state index in [9.17, 15) is 13.2 Å². The van der Waals surface area contributed by atoms with Crippen molar-refractivity contribution in [1.29, 1.82) is 0 Å². The molecule has 0 N–H and O–H groups in total. The maximum atomic E-state index is 12.8. The number of benzene rings is 1. The predicted molar refractivity (Wildman–Crippen MR) is 72.8 cm³/mol. The lowest BCUT2D eigenvalue weighted by atomic mass is 10.0. The zero-order chi connectivity index (χ0) is 15.0. The molecule has 0 bridgehead atoms. The number of halogens is 3. The molecule has 0 radical (unpaired) electrons. The van der Waals surface area contributed by atoms with Crippen molar-refractivity contribution < 1.29 is 13.2 Å². The van der Waals surface area contributed by atoms with Gasteiger partial charge in [-0.3, -0.25) is 4.40 Å². The van der Waals surface area contributed by atoms with Gasteiger partial charge in [0.25, 0.3) is 0 Å². The van der Waals surface area contributed by atoms with E-state index in [2.05, 4.69) is 10.2 Å². The summed E-state index contributed by atoms with van der Waals surface area (Å²) >= 11 is 0. The fraction of sp³-hybridized carbons (Fsp3) is 0.200. The molecule has 6 heteroatoms. The predicted octanol–water partition coefficient (Wildman–Crippen LogP) is 3.98. The van der Waals surface area contributed by atoms with E-state index in [1.54, 1.807) is 28.8 Å². The van der Waals surface area contributed by atoms with Crippen LogP contribution in [0.1, 0.15) is 18.3 Å². The van der Waals surface area contributed by atoms with Crippen LogP contribution in [0.15, 0.2) is 42.6 Å². The number of hydrogen-bond donors (Lipinski definition) is 0. The first kappa shape index (κ1) is 13.6. The van der Waals surface area contributed by atoms with Gasteiger partial charge in [0.05, 0.1) is 5.56 Å². The van der Waals surface area contributed by atoms with E-state index in [0.29, 0.717) is 23.2 Å². The van der Waals surface area contributed by atoms with Crippen molar-refractivity contribution in [3.8, 4) is 11.1 Å². The van der Waals surface area contributed by atoms with Gasteiger partial charge in [-0.05, 0) is 35.4 Å². The summed E-state index contributed by atoms with van der Waals surface area (Å²) in [6, 6.07) is 8.79. The quantitative estimate of drug-likeness (QED) is 0.715. The molecule has 2 heterocycles. The van der Waals surface area contributed by atoms with Gasteiger partial charge in [0.15, 0.2) is 5.65 Å². The van der Waals surface area contributed by atoms with Gasteiger partial charge in [-0.15, -0.1) is 10.2 Å². The van der Waals surface area contributed by atoms with E-state index in [1.165, 1.54) is 6.07 Å². The molecule has 0 saturated heterocycles. The maximum Gasteiger partial charge on any atom is 0.416 e. The topological polar surface area (TPSA) is 30.2 Å². The number of hydrogen-bond acceptors (Lipinski definition) is 2. The molecular formula is C15H12F3N3. The number of nitrogens with zero attached hydrogens (tertiary/aromatic N) is 3. The molecule has 0 atom stereocenters. The summed E-state index contributed by atoms with van der Waals surface area (Å²) in [4.78, 5) is 0. The number of alkyl halides is 3. The van der Waals surface area contributed by atoms with E-state index in [1.807, 2.05) is 6.92 Å². The Morgan fingerprint density at radius 2 is 1.86 bits per heavy atom. The highest BCUT2D eigenvalue weighted by molar-refractivity contribution is 5.65. The summed E-state index contributed by atoms with van der Waals surface area (Å²) in [5, 5.41) is 8.05. The molecule has 108 valence electrons. The molecule has 0 spiro atoms. The van der Waals surface area contributed by atoms with Crippen molar-refractivity contribution in [3.63, 3.8) is 0 Å². The molecule has 0 aliphatic carbocycles. The SMILES string of the molecule is CCc1nnc2ccc(-c3cccc(C(F)(F)F)c3)cn12. The first-order valence-electron chi connectivity index (χ1n) is 6.50. The summed E-state index contributed by atoms with van der Waals surface area (Å²) in [7, 11) is 0. The second kappa shape index (κ2) is 4.87. The summed E-state index contributed by atoms with van der Waals surface area (Å²) < 4.78 is 40.1. The van der Waals surface area contributed by atoms with Gasteiger partial charge < -0.3 is 0 Å². The second-order valence-electron chi connectivity index (χ2n) is 4.69. The van der Waals surface area contributed by atoms with E-state index in [-0.39, 0.29) is 0 Å². The third kappa shape index (κ3) is 2.49. The van der Waals surface area contributed by atoms with Crippen molar-refractivity contribution in [2.45, 2.75) is 19.5 Å². The van der Waals surface area contributed by atoms with Crippen molar-refractivity contribution in [3.05, 3.63) is 54.0 Å². The van der Waals surface area contributed by atoms with E-state index < -0.39 is 11.7 Å². The van der Waals surface area contributed by atoms with Crippen molar-refractivity contribution in [2.75, 3.05) is 0 Å². The van der Waals surface area contributed by atoms with Crippen LogP contribution in [0.4, 0.5) is 13.2 Å². The monoisotopic (exact) mass is 291 g/mol. The molecule has 0 saturated carbocycles. The third-order valence-electron chi connectivity index (χ3n) is 3.31. The van der Waals surface area contributed by atoms with Gasteiger partial charge in [0.1, 0.15) is 5.82 Å². The molecular weight excluding hydrogens is 279 g/mol. The zero-order valence-corrected chi connectivity index (χ0v) is 11.2. The number of aromatic nitrogens is 3. The van der Waals surface area contributed by atoms with Crippen LogP contribution in [0.2, 0.25) is 0 Å². The van der Waals surface area contributed by atoms with Gasteiger partial charge in [0.2, 0.25) is 0 Å². The Kier molecular flexibility index (Phi) is 3.16. The standard InChI is InChI=1S/C15H12F3N3/c1-2-13-19-20-14-7-6-11(9-21(13)14)10-4-3-5-12(8-10)15(16,17)18/h3-9H,2H2,1H3. The minimum absolute atomic E-state index is 0.516. The molecule has 0 aliphatic rings. The Bertz CT molecular complexity index is 790. The van der Waals surface area contributed by atoms with Crippen LogP contribution in [0.25, 0.3) is 16.8 Å². The fourth-order valence-electron chi connectivity index (χ4n) is 2.23. The number of fused-ring (bicyclic) bond motifs is 1. The van der Waals surface area contributed by atoms with Crippen LogP contribution in [0, 0.1) is 0 Å². The summed E-state index contributed by atoms with van der Waals surface area (Å²) in [5.74, 6) is 0.777. The normalized spacial score (nSPS) is 12.0.